The zero-order valence-corrected chi connectivity index (χ0v) is 16.6. The number of nitrogens with zero attached hydrogens (tertiary/aromatic N) is 4. The summed E-state index contributed by atoms with van der Waals surface area (Å²) in [7, 11) is 0. The summed E-state index contributed by atoms with van der Waals surface area (Å²) in [6, 6.07) is 12.5. The number of nitrogen functional groups attached to an aromatic ring is 1. The van der Waals surface area contributed by atoms with E-state index in [0.717, 1.165) is 0 Å². The molecule has 1 atom stereocenters. The van der Waals surface area contributed by atoms with E-state index < -0.39 is 6.04 Å². The molecule has 5 rings (SSSR count). The fourth-order valence-corrected chi connectivity index (χ4v) is 3.89. The van der Waals surface area contributed by atoms with E-state index in [9.17, 15) is 9.18 Å². The third-order valence-electron chi connectivity index (χ3n) is 5.37. The third-order valence-corrected chi connectivity index (χ3v) is 5.37. The lowest BCUT2D eigenvalue weighted by Crippen LogP contribution is -2.16. The van der Waals surface area contributed by atoms with Gasteiger partial charge >= 0.3 is 0 Å². The van der Waals surface area contributed by atoms with E-state index in [2.05, 4.69) is 15.0 Å². The Labute approximate surface area is 176 Å². The van der Waals surface area contributed by atoms with Crippen molar-refractivity contribution >= 4 is 28.0 Å². The topological polar surface area (TPSA) is 99.8 Å². The molecule has 1 unspecified atom stereocenters. The van der Waals surface area contributed by atoms with Crippen molar-refractivity contribution in [1.29, 1.82) is 0 Å². The Hall–Kier alpha value is -4.07. The molecule has 0 saturated heterocycles. The standard InChI is InChI=1S/C23H18FN5O2/c1-2-16(29-12-28-19-22(25)26-11-27-23(19)29)21-18(13-7-9-14(24)10-8-13)20(30)15-5-3-4-6-17(15)31-21/h3-12,16H,2H2,1H3,(H2,25,26,27). The highest BCUT2D eigenvalue weighted by Gasteiger charge is 2.26. The van der Waals surface area contributed by atoms with Crippen LogP contribution >= 0.6 is 0 Å². The maximum Gasteiger partial charge on any atom is 0.200 e. The number of halogens is 1. The van der Waals surface area contributed by atoms with Crippen LogP contribution in [0, 0.1) is 5.82 Å². The van der Waals surface area contributed by atoms with Crippen LogP contribution in [-0.2, 0) is 0 Å². The molecule has 0 saturated carbocycles. The molecule has 2 N–H and O–H groups in total. The van der Waals surface area contributed by atoms with E-state index in [1.807, 2.05) is 17.6 Å². The van der Waals surface area contributed by atoms with E-state index in [1.54, 1.807) is 36.7 Å². The Morgan fingerprint density at radius 2 is 1.87 bits per heavy atom. The monoisotopic (exact) mass is 415 g/mol. The number of hydrogen-bond donors (Lipinski definition) is 1. The van der Waals surface area contributed by atoms with Gasteiger partial charge in [0.15, 0.2) is 11.5 Å². The fraction of sp³-hybridized carbons (Fsp3) is 0.130. The SMILES string of the molecule is CCC(c1oc2ccccc2c(=O)c1-c1ccc(F)cc1)n1cnc2c(N)ncnc21. The van der Waals surface area contributed by atoms with Crippen LogP contribution in [0.4, 0.5) is 10.2 Å². The lowest BCUT2D eigenvalue weighted by Gasteiger charge is -2.20. The molecule has 0 amide bonds. The molecule has 0 aliphatic rings. The van der Waals surface area contributed by atoms with Gasteiger partial charge in [0.25, 0.3) is 0 Å². The predicted molar refractivity (Wildman–Crippen MR) is 116 cm³/mol. The zero-order valence-electron chi connectivity index (χ0n) is 16.6. The smallest absolute Gasteiger partial charge is 0.200 e. The number of benzene rings is 2. The minimum Gasteiger partial charge on any atom is -0.458 e. The van der Waals surface area contributed by atoms with Crippen LogP contribution in [0.15, 0.2) is 70.4 Å². The van der Waals surface area contributed by atoms with Crippen LogP contribution < -0.4 is 11.2 Å². The van der Waals surface area contributed by atoms with E-state index >= 15 is 0 Å². The largest absolute Gasteiger partial charge is 0.458 e. The van der Waals surface area contributed by atoms with Crippen molar-refractivity contribution in [3.05, 3.63) is 83.0 Å². The molecular weight excluding hydrogens is 397 g/mol. The molecule has 7 nitrogen and oxygen atoms in total. The molecule has 8 heteroatoms. The van der Waals surface area contributed by atoms with Gasteiger partial charge in [-0.1, -0.05) is 31.2 Å². The molecule has 0 radical (unpaired) electrons. The molecule has 31 heavy (non-hydrogen) atoms. The number of anilines is 1. The molecule has 0 aliphatic heterocycles. The van der Waals surface area contributed by atoms with Gasteiger partial charge in [0, 0.05) is 0 Å². The van der Waals surface area contributed by atoms with Crippen LogP contribution in [0.25, 0.3) is 33.3 Å². The van der Waals surface area contributed by atoms with Crippen molar-refractivity contribution < 1.29 is 8.81 Å². The van der Waals surface area contributed by atoms with Gasteiger partial charge in [0.2, 0.25) is 5.43 Å². The average Bonchev–Trinajstić information content (AvgIpc) is 3.21. The first-order valence-corrected chi connectivity index (χ1v) is 9.83. The fourth-order valence-electron chi connectivity index (χ4n) is 3.89. The highest BCUT2D eigenvalue weighted by atomic mass is 19.1. The summed E-state index contributed by atoms with van der Waals surface area (Å²) >= 11 is 0. The van der Waals surface area contributed by atoms with Crippen molar-refractivity contribution in [2.45, 2.75) is 19.4 Å². The highest BCUT2D eigenvalue weighted by Crippen LogP contribution is 2.34. The molecule has 0 aliphatic carbocycles. The summed E-state index contributed by atoms with van der Waals surface area (Å²) in [5.74, 6) is 0.349. The quantitative estimate of drug-likeness (QED) is 0.469. The molecule has 154 valence electrons. The molecule has 0 spiro atoms. The molecule has 3 heterocycles. The van der Waals surface area contributed by atoms with Crippen molar-refractivity contribution in [3.8, 4) is 11.1 Å². The van der Waals surface area contributed by atoms with E-state index in [4.69, 9.17) is 10.2 Å². The Kier molecular flexibility index (Phi) is 4.47. The summed E-state index contributed by atoms with van der Waals surface area (Å²) in [5.41, 5.74) is 8.23. The van der Waals surface area contributed by atoms with Crippen molar-refractivity contribution in [2.24, 2.45) is 0 Å². The normalized spacial score (nSPS) is 12.5. The molecule has 3 aromatic heterocycles. The van der Waals surface area contributed by atoms with Gasteiger partial charge in [-0.15, -0.1) is 0 Å². The first-order valence-electron chi connectivity index (χ1n) is 9.83. The lowest BCUT2D eigenvalue weighted by molar-refractivity contribution is 0.438. The molecule has 2 aromatic carbocycles. The Morgan fingerprint density at radius 3 is 2.65 bits per heavy atom. The first kappa shape index (κ1) is 18.9. The van der Waals surface area contributed by atoms with Crippen molar-refractivity contribution in [2.75, 3.05) is 5.73 Å². The van der Waals surface area contributed by atoms with Gasteiger partial charge < -0.3 is 14.7 Å². The van der Waals surface area contributed by atoms with Crippen LogP contribution in [0.2, 0.25) is 0 Å². The second-order valence-corrected chi connectivity index (χ2v) is 7.18. The summed E-state index contributed by atoms with van der Waals surface area (Å²) in [5, 5.41) is 0.461. The van der Waals surface area contributed by atoms with Crippen LogP contribution in [0.5, 0.6) is 0 Å². The maximum atomic E-state index is 13.6. The van der Waals surface area contributed by atoms with Gasteiger partial charge in [-0.25, -0.2) is 19.3 Å². The van der Waals surface area contributed by atoms with E-state index in [-0.39, 0.29) is 17.1 Å². The third kappa shape index (κ3) is 3.04. The number of fused-ring (bicyclic) bond motifs is 2. The van der Waals surface area contributed by atoms with Crippen LogP contribution in [0.3, 0.4) is 0 Å². The first-order chi connectivity index (χ1) is 15.1. The molecular formula is C23H18FN5O2. The number of rotatable bonds is 4. The second-order valence-electron chi connectivity index (χ2n) is 7.18. The van der Waals surface area contributed by atoms with Gasteiger partial charge in [0.05, 0.1) is 23.3 Å². The van der Waals surface area contributed by atoms with Gasteiger partial charge in [-0.2, -0.15) is 0 Å². The zero-order chi connectivity index (χ0) is 21.5. The van der Waals surface area contributed by atoms with Gasteiger partial charge in [0.1, 0.15) is 29.0 Å². The summed E-state index contributed by atoms with van der Waals surface area (Å²) in [6.07, 6.45) is 3.58. The number of nitrogens with two attached hydrogens (primary N) is 1. The Bertz CT molecular complexity index is 1470. The minimum absolute atomic E-state index is 0.180. The maximum absolute atomic E-state index is 13.6. The average molecular weight is 415 g/mol. The Balaban J connectivity index is 1.83. The van der Waals surface area contributed by atoms with E-state index in [1.165, 1.54) is 18.5 Å². The summed E-state index contributed by atoms with van der Waals surface area (Å²) in [4.78, 5) is 26.2. The number of imidazole rings is 1. The molecule has 5 aromatic rings. The van der Waals surface area contributed by atoms with Gasteiger partial charge in [-0.3, -0.25) is 4.79 Å². The van der Waals surface area contributed by atoms with Gasteiger partial charge in [-0.05, 0) is 36.2 Å². The molecule has 0 bridgehead atoms. The summed E-state index contributed by atoms with van der Waals surface area (Å²) in [6.45, 7) is 1.98. The second kappa shape index (κ2) is 7.32. The highest BCUT2D eigenvalue weighted by molar-refractivity contribution is 5.84. The van der Waals surface area contributed by atoms with Crippen LogP contribution in [0.1, 0.15) is 25.1 Å². The summed E-state index contributed by atoms with van der Waals surface area (Å²) < 4.78 is 21.7. The van der Waals surface area contributed by atoms with Crippen LogP contribution in [-0.4, -0.2) is 19.5 Å². The predicted octanol–water partition coefficient (Wildman–Crippen LogP) is 4.32. The molecule has 0 fully saturated rings. The minimum atomic E-state index is -0.392. The Morgan fingerprint density at radius 1 is 1.10 bits per heavy atom. The van der Waals surface area contributed by atoms with Crippen molar-refractivity contribution in [3.63, 3.8) is 0 Å². The van der Waals surface area contributed by atoms with E-state index in [0.29, 0.717) is 45.4 Å². The number of aromatic nitrogens is 4. The number of para-hydroxylation sites is 1. The number of hydrogen-bond acceptors (Lipinski definition) is 6. The lowest BCUT2D eigenvalue weighted by atomic mass is 9.97. The van der Waals surface area contributed by atoms with Crippen molar-refractivity contribution in [1.82, 2.24) is 19.5 Å².